The highest BCUT2D eigenvalue weighted by molar-refractivity contribution is 6.38. The molecule has 1 aliphatic rings. The van der Waals surface area contributed by atoms with E-state index in [0.29, 0.717) is 0 Å². The smallest absolute Gasteiger partial charge is 0.353 e. The lowest BCUT2D eigenvalue weighted by molar-refractivity contribution is -0.138. The number of carbonyl (C=O) groups is 2. The van der Waals surface area contributed by atoms with Gasteiger partial charge in [-0.15, -0.1) is 0 Å². The first kappa shape index (κ1) is 12.2. The summed E-state index contributed by atoms with van der Waals surface area (Å²) in [5.74, 6) is -1.06. The lowest BCUT2D eigenvalue weighted by Crippen LogP contribution is -2.18. The quantitative estimate of drug-likeness (QED) is 0.688. The van der Waals surface area contributed by atoms with Gasteiger partial charge in [0, 0.05) is 6.42 Å². The van der Waals surface area contributed by atoms with Crippen LogP contribution in [0.5, 0.6) is 0 Å². The molecule has 0 unspecified atom stereocenters. The molecule has 0 atom stereocenters. The Kier molecular flexibility index (Phi) is 4.04. The van der Waals surface area contributed by atoms with Crippen molar-refractivity contribution in [3.05, 3.63) is 11.4 Å². The molecule has 0 aliphatic carbocycles. The molecule has 1 aliphatic heterocycles. The molecule has 0 radical (unpaired) electrons. The Morgan fingerprint density at radius 2 is 1.81 bits per heavy atom. The zero-order valence-corrected chi connectivity index (χ0v) is 9.28. The number of rotatable bonds is 4. The van der Waals surface area contributed by atoms with Crippen LogP contribution in [0.25, 0.3) is 0 Å². The van der Waals surface area contributed by atoms with Crippen LogP contribution in [0.15, 0.2) is 16.4 Å². The van der Waals surface area contributed by atoms with Crippen molar-refractivity contribution in [1.82, 2.24) is 0 Å². The summed E-state index contributed by atoms with van der Waals surface area (Å²) in [6.45, 7) is 3.89. The molecular weight excluding hydrogens is 212 g/mol. The minimum Gasteiger partial charge on any atom is -0.463 e. The van der Waals surface area contributed by atoms with Gasteiger partial charge in [0.2, 0.25) is 0 Å². The number of hydrogen-bond donors (Lipinski definition) is 1. The Hall–Kier alpha value is -1.85. The molecule has 0 amide bonds. The highest BCUT2D eigenvalue weighted by Crippen LogP contribution is 2.18. The second kappa shape index (κ2) is 5.29. The molecule has 0 aromatic heterocycles. The van der Waals surface area contributed by atoms with Crippen LogP contribution in [0, 0.1) is 0 Å². The molecule has 0 saturated heterocycles. The fourth-order valence-electron chi connectivity index (χ4n) is 1.24. The van der Waals surface area contributed by atoms with E-state index in [4.69, 9.17) is 15.2 Å². The average Bonchev–Trinajstić information content (AvgIpc) is 2.61. The SMILES string of the molecule is CCOC(=O)C1=NC(N)=C(C(=O)OCC)C1. The Morgan fingerprint density at radius 3 is 2.38 bits per heavy atom. The number of esters is 2. The summed E-state index contributed by atoms with van der Waals surface area (Å²) in [7, 11) is 0. The Balaban J connectivity index is 2.67. The van der Waals surface area contributed by atoms with Crippen LogP contribution in [0.1, 0.15) is 20.3 Å². The third kappa shape index (κ3) is 2.59. The van der Waals surface area contributed by atoms with Crippen molar-refractivity contribution < 1.29 is 19.1 Å². The van der Waals surface area contributed by atoms with Crippen LogP contribution in [-0.4, -0.2) is 30.9 Å². The van der Waals surface area contributed by atoms with Crippen molar-refractivity contribution in [3.8, 4) is 0 Å². The van der Waals surface area contributed by atoms with Crippen molar-refractivity contribution in [2.45, 2.75) is 20.3 Å². The van der Waals surface area contributed by atoms with Gasteiger partial charge in [-0.25, -0.2) is 14.6 Å². The first-order valence-electron chi connectivity index (χ1n) is 5.00. The zero-order chi connectivity index (χ0) is 12.1. The van der Waals surface area contributed by atoms with E-state index in [0.717, 1.165) is 0 Å². The number of ether oxygens (including phenoxy) is 2. The molecule has 88 valence electrons. The van der Waals surface area contributed by atoms with Crippen molar-refractivity contribution in [2.24, 2.45) is 10.7 Å². The van der Waals surface area contributed by atoms with Gasteiger partial charge in [0.05, 0.1) is 18.8 Å². The molecule has 1 heterocycles. The van der Waals surface area contributed by atoms with E-state index >= 15 is 0 Å². The Morgan fingerprint density at radius 1 is 1.25 bits per heavy atom. The summed E-state index contributed by atoms with van der Waals surface area (Å²) < 4.78 is 9.54. The minimum absolute atomic E-state index is 0.0292. The highest BCUT2D eigenvalue weighted by atomic mass is 16.5. The van der Waals surface area contributed by atoms with Gasteiger partial charge in [-0.05, 0) is 13.8 Å². The number of aliphatic imine (C=N–C) groups is 1. The van der Waals surface area contributed by atoms with E-state index in [-0.39, 0.29) is 36.7 Å². The standard InChI is InChI=1S/C10H14N2O4/c1-3-15-9(13)6-5-7(12-8(6)11)10(14)16-4-2/h3-5,11H2,1-2H3. The van der Waals surface area contributed by atoms with E-state index in [1.807, 2.05) is 0 Å². The van der Waals surface area contributed by atoms with E-state index in [9.17, 15) is 9.59 Å². The van der Waals surface area contributed by atoms with Gasteiger partial charge in [-0.3, -0.25) is 0 Å². The molecule has 0 aromatic carbocycles. The van der Waals surface area contributed by atoms with Crippen LogP contribution in [-0.2, 0) is 19.1 Å². The van der Waals surface area contributed by atoms with Crippen LogP contribution in [0.2, 0.25) is 0 Å². The molecule has 6 nitrogen and oxygen atoms in total. The minimum atomic E-state index is -0.551. The van der Waals surface area contributed by atoms with Crippen molar-refractivity contribution >= 4 is 17.7 Å². The first-order chi connectivity index (χ1) is 7.60. The van der Waals surface area contributed by atoms with Crippen LogP contribution in [0.3, 0.4) is 0 Å². The predicted molar refractivity (Wildman–Crippen MR) is 56.5 cm³/mol. The van der Waals surface area contributed by atoms with Gasteiger partial charge in [0.1, 0.15) is 11.5 Å². The van der Waals surface area contributed by atoms with Crippen molar-refractivity contribution in [3.63, 3.8) is 0 Å². The summed E-state index contributed by atoms with van der Waals surface area (Å²) in [5.41, 5.74) is 5.87. The molecule has 0 aromatic rings. The topological polar surface area (TPSA) is 91.0 Å². The van der Waals surface area contributed by atoms with E-state index in [2.05, 4.69) is 4.99 Å². The van der Waals surface area contributed by atoms with Gasteiger partial charge in [-0.1, -0.05) is 0 Å². The van der Waals surface area contributed by atoms with Gasteiger partial charge >= 0.3 is 11.9 Å². The molecular formula is C10H14N2O4. The van der Waals surface area contributed by atoms with Crippen molar-refractivity contribution in [2.75, 3.05) is 13.2 Å². The average molecular weight is 226 g/mol. The fourth-order valence-corrected chi connectivity index (χ4v) is 1.24. The summed E-state index contributed by atoms with van der Waals surface area (Å²) in [4.78, 5) is 26.5. The maximum absolute atomic E-state index is 11.4. The lowest BCUT2D eigenvalue weighted by Gasteiger charge is -2.03. The van der Waals surface area contributed by atoms with Crippen molar-refractivity contribution in [1.29, 1.82) is 0 Å². The Labute approximate surface area is 93.1 Å². The number of hydrogen-bond acceptors (Lipinski definition) is 6. The molecule has 1 rings (SSSR count). The monoisotopic (exact) mass is 226 g/mol. The summed E-state index contributed by atoms with van der Waals surface area (Å²) in [5, 5.41) is 0. The highest BCUT2D eigenvalue weighted by Gasteiger charge is 2.27. The maximum Gasteiger partial charge on any atom is 0.353 e. The van der Waals surface area contributed by atoms with E-state index in [1.165, 1.54) is 0 Å². The van der Waals surface area contributed by atoms with Crippen LogP contribution >= 0.6 is 0 Å². The van der Waals surface area contributed by atoms with Gasteiger partial charge in [-0.2, -0.15) is 0 Å². The second-order valence-corrected chi connectivity index (χ2v) is 3.04. The van der Waals surface area contributed by atoms with Crippen LogP contribution in [0.4, 0.5) is 0 Å². The normalized spacial score (nSPS) is 14.8. The number of carbonyl (C=O) groups excluding carboxylic acids is 2. The number of nitrogens with zero attached hydrogens (tertiary/aromatic N) is 1. The molecule has 2 N–H and O–H groups in total. The zero-order valence-electron chi connectivity index (χ0n) is 9.28. The lowest BCUT2D eigenvalue weighted by atomic mass is 10.1. The molecule has 0 bridgehead atoms. The summed E-state index contributed by atoms with van der Waals surface area (Å²) in [6, 6.07) is 0. The summed E-state index contributed by atoms with van der Waals surface area (Å²) >= 11 is 0. The molecule has 16 heavy (non-hydrogen) atoms. The van der Waals surface area contributed by atoms with E-state index in [1.54, 1.807) is 13.8 Å². The molecule has 0 fully saturated rings. The third-order valence-corrected chi connectivity index (χ3v) is 1.94. The van der Waals surface area contributed by atoms with Gasteiger partial charge in [0.15, 0.2) is 0 Å². The first-order valence-corrected chi connectivity index (χ1v) is 5.00. The molecule has 0 saturated carbocycles. The Bertz CT molecular complexity index is 371. The second-order valence-electron chi connectivity index (χ2n) is 3.04. The van der Waals surface area contributed by atoms with Gasteiger partial charge < -0.3 is 15.2 Å². The maximum atomic E-state index is 11.4. The predicted octanol–water partition coefficient (Wildman–Crippen LogP) is 0.128. The number of nitrogens with two attached hydrogens (primary N) is 1. The van der Waals surface area contributed by atoms with Gasteiger partial charge in [0.25, 0.3) is 0 Å². The van der Waals surface area contributed by atoms with Crippen LogP contribution < -0.4 is 5.73 Å². The third-order valence-electron chi connectivity index (χ3n) is 1.94. The van der Waals surface area contributed by atoms with E-state index < -0.39 is 11.9 Å². The molecule has 6 heteroatoms. The summed E-state index contributed by atoms with van der Waals surface area (Å²) in [6.07, 6.45) is 0.0729. The molecule has 0 spiro atoms. The largest absolute Gasteiger partial charge is 0.463 e. The fraction of sp³-hybridized carbons (Fsp3) is 0.500.